The molecule has 0 radical (unpaired) electrons. The molecule has 0 fully saturated rings. The molecule has 2 aromatic rings. The highest BCUT2D eigenvalue weighted by atomic mass is 35.5. The number of ketones is 1. The maximum atomic E-state index is 12.2. The Bertz CT molecular complexity index is 633. The lowest BCUT2D eigenvalue weighted by Crippen LogP contribution is -2.18. The number of Topliss-reactive ketones (excluding diaryl/α,β-unsaturated/α-hetero) is 1. The number of halogens is 1. The molecule has 0 N–H and O–H groups in total. The van der Waals surface area contributed by atoms with Crippen LogP contribution in [0, 0.1) is 0 Å². The van der Waals surface area contributed by atoms with E-state index in [0.29, 0.717) is 0 Å². The van der Waals surface area contributed by atoms with E-state index in [2.05, 4.69) is 24.3 Å². The first-order chi connectivity index (χ1) is 8.29. The van der Waals surface area contributed by atoms with Crippen LogP contribution in [0.4, 0.5) is 0 Å². The molecule has 0 spiro atoms. The molecule has 3 rings (SSSR count). The maximum absolute atomic E-state index is 12.2. The van der Waals surface area contributed by atoms with E-state index < -0.39 is 0 Å². The Labute approximate surface area is 117 Å². The fraction of sp³-hybridized carbons (Fsp3) is 0.133. The number of fused-ring (bicyclic) bond motifs is 2. The summed E-state index contributed by atoms with van der Waals surface area (Å²) in [4.78, 5) is 12.2. The van der Waals surface area contributed by atoms with Crippen LogP contribution in [0.2, 0.25) is 0 Å². The van der Waals surface area contributed by atoms with Crippen LogP contribution in [0.15, 0.2) is 42.5 Å². The first-order valence-corrected chi connectivity index (χ1v) is 6.86. The molecule has 1 unspecified atom stereocenters. The smallest absolute Gasteiger partial charge is 0.180 e. The van der Waals surface area contributed by atoms with Crippen molar-refractivity contribution in [2.24, 2.45) is 0 Å². The van der Waals surface area contributed by atoms with Crippen molar-refractivity contribution < 1.29 is 4.79 Å². The van der Waals surface area contributed by atoms with Gasteiger partial charge in [0.1, 0.15) is 0 Å². The highest BCUT2D eigenvalue weighted by molar-refractivity contribution is 8.00. The van der Waals surface area contributed by atoms with Gasteiger partial charge in [-0.1, -0.05) is 36.4 Å². The minimum Gasteiger partial charge on any atom is -0.293 e. The zero-order valence-electron chi connectivity index (χ0n) is 9.92. The summed E-state index contributed by atoms with van der Waals surface area (Å²) < 4.78 is 0. The van der Waals surface area contributed by atoms with Crippen LogP contribution >= 0.6 is 24.2 Å². The molecule has 0 aromatic heterocycles. The highest BCUT2D eigenvalue weighted by Gasteiger charge is 2.22. The molecule has 1 aliphatic carbocycles. The first-order valence-electron chi connectivity index (χ1n) is 5.57. The quantitative estimate of drug-likeness (QED) is 0.776. The van der Waals surface area contributed by atoms with E-state index in [4.69, 9.17) is 0 Å². The number of benzene rings is 2. The Morgan fingerprint density at radius 2 is 1.78 bits per heavy atom. The summed E-state index contributed by atoms with van der Waals surface area (Å²) in [6, 6.07) is 12.3. The molecule has 1 nitrogen and oxygen atoms in total. The molecule has 1 atom stereocenters. The third-order valence-corrected chi connectivity index (χ3v) is 4.03. The second-order valence-corrected chi connectivity index (χ2v) is 5.15. The zero-order valence-corrected chi connectivity index (χ0v) is 11.6. The van der Waals surface area contributed by atoms with E-state index in [0.717, 1.165) is 16.5 Å². The molecule has 2 aromatic carbocycles. The molecule has 3 heteroatoms. The first kappa shape index (κ1) is 13.2. The molecular formula is C15H13ClOS. The van der Waals surface area contributed by atoms with Crippen LogP contribution < -0.4 is 0 Å². The Kier molecular flexibility index (Phi) is 3.79. The van der Waals surface area contributed by atoms with E-state index in [9.17, 15) is 4.79 Å². The second kappa shape index (κ2) is 5.17. The summed E-state index contributed by atoms with van der Waals surface area (Å²) in [6.45, 7) is 0. The van der Waals surface area contributed by atoms with Gasteiger partial charge in [0.25, 0.3) is 0 Å². The van der Waals surface area contributed by atoms with Gasteiger partial charge in [-0.25, -0.2) is 0 Å². The lowest BCUT2D eigenvalue weighted by atomic mass is 9.93. The minimum absolute atomic E-state index is 0. The summed E-state index contributed by atoms with van der Waals surface area (Å²) in [6.07, 6.45) is 6.02. The normalized spacial score (nSPS) is 17.4. The van der Waals surface area contributed by atoms with E-state index in [-0.39, 0.29) is 23.4 Å². The Morgan fingerprint density at radius 1 is 1.11 bits per heavy atom. The van der Waals surface area contributed by atoms with E-state index in [1.807, 2.05) is 30.5 Å². The predicted octanol–water partition coefficient (Wildman–Crippen LogP) is 4.20. The van der Waals surface area contributed by atoms with Gasteiger partial charge < -0.3 is 0 Å². The summed E-state index contributed by atoms with van der Waals surface area (Å²) in [5.41, 5.74) is 1.89. The number of rotatable bonds is 1. The SMILES string of the molecule is CSC1C=Cc2cc3ccccc3cc2C1=O.Cl. The van der Waals surface area contributed by atoms with Gasteiger partial charge in [0, 0.05) is 5.56 Å². The number of thioether (sulfide) groups is 1. The van der Waals surface area contributed by atoms with Crippen LogP contribution in [0.3, 0.4) is 0 Å². The largest absolute Gasteiger partial charge is 0.293 e. The van der Waals surface area contributed by atoms with Gasteiger partial charge in [-0.2, -0.15) is 0 Å². The maximum Gasteiger partial charge on any atom is 0.180 e. The molecule has 0 aliphatic heterocycles. The summed E-state index contributed by atoms with van der Waals surface area (Å²) in [5.74, 6) is 0.223. The number of carbonyl (C=O) groups is 1. The monoisotopic (exact) mass is 276 g/mol. The van der Waals surface area contributed by atoms with Crippen molar-refractivity contribution in [3.63, 3.8) is 0 Å². The third kappa shape index (κ3) is 2.06. The number of hydrogen-bond acceptors (Lipinski definition) is 2. The van der Waals surface area contributed by atoms with Gasteiger partial charge in [0.05, 0.1) is 5.25 Å². The average molecular weight is 277 g/mol. The second-order valence-electron chi connectivity index (χ2n) is 4.17. The summed E-state index contributed by atoms with van der Waals surface area (Å²) in [5, 5.41) is 2.30. The van der Waals surface area contributed by atoms with Gasteiger partial charge in [-0.3, -0.25) is 4.79 Å². The van der Waals surface area contributed by atoms with Gasteiger partial charge in [-0.05, 0) is 34.7 Å². The standard InChI is InChI=1S/C15H12OS.ClH/c1-17-14-7-6-12-8-10-4-2-3-5-11(10)9-13(12)15(14)16;/h2-9,14H,1H3;1H. The lowest BCUT2D eigenvalue weighted by Gasteiger charge is -2.17. The van der Waals surface area contributed by atoms with Gasteiger partial charge >= 0.3 is 0 Å². The predicted molar refractivity (Wildman–Crippen MR) is 81.9 cm³/mol. The summed E-state index contributed by atoms with van der Waals surface area (Å²) >= 11 is 1.59. The fourth-order valence-corrected chi connectivity index (χ4v) is 2.80. The molecule has 0 amide bonds. The molecule has 0 saturated carbocycles. The van der Waals surface area contributed by atoms with Crippen molar-refractivity contribution >= 4 is 46.8 Å². The van der Waals surface area contributed by atoms with Crippen molar-refractivity contribution in [2.45, 2.75) is 5.25 Å². The van der Waals surface area contributed by atoms with Crippen LogP contribution in [0.1, 0.15) is 15.9 Å². The van der Waals surface area contributed by atoms with Crippen molar-refractivity contribution in [3.8, 4) is 0 Å². The van der Waals surface area contributed by atoms with Crippen LogP contribution in [0.5, 0.6) is 0 Å². The van der Waals surface area contributed by atoms with E-state index >= 15 is 0 Å². The third-order valence-electron chi connectivity index (χ3n) is 3.15. The van der Waals surface area contributed by atoms with Crippen LogP contribution in [0.25, 0.3) is 16.8 Å². The Morgan fingerprint density at radius 3 is 2.44 bits per heavy atom. The number of hydrogen-bond donors (Lipinski definition) is 0. The van der Waals surface area contributed by atoms with Crippen LogP contribution in [-0.4, -0.2) is 17.3 Å². The molecule has 1 aliphatic rings. The lowest BCUT2D eigenvalue weighted by molar-refractivity contribution is 0.1000. The fourth-order valence-electron chi connectivity index (χ4n) is 2.23. The van der Waals surface area contributed by atoms with E-state index in [1.165, 1.54) is 5.39 Å². The molecular weight excluding hydrogens is 264 g/mol. The van der Waals surface area contributed by atoms with Gasteiger partial charge in [0.2, 0.25) is 0 Å². The average Bonchev–Trinajstić information content (AvgIpc) is 2.37. The van der Waals surface area contributed by atoms with Crippen molar-refractivity contribution in [3.05, 3.63) is 53.6 Å². The Balaban J connectivity index is 0.00000120. The summed E-state index contributed by atoms with van der Waals surface area (Å²) in [7, 11) is 0. The van der Waals surface area contributed by atoms with E-state index in [1.54, 1.807) is 11.8 Å². The van der Waals surface area contributed by atoms with Crippen molar-refractivity contribution in [1.29, 1.82) is 0 Å². The molecule has 92 valence electrons. The van der Waals surface area contributed by atoms with Crippen molar-refractivity contribution in [2.75, 3.05) is 6.26 Å². The topological polar surface area (TPSA) is 17.1 Å². The van der Waals surface area contributed by atoms with Gasteiger partial charge in [0.15, 0.2) is 5.78 Å². The minimum atomic E-state index is -0.0244. The molecule has 0 bridgehead atoms. The molecule has 0 heterocycles. The number of carbonyl (C=O) groups excluding carboxylic acids is 1. The van der Waals surface area contributed by atoms with Gasteiger partial charge in [-0.15, -0.1) is 24.2 Å². The van der Waals surface area contributed by atoms with Crippen LogP contribution in [-0.2, 0) is 0 Å². The zero-order chi connectivity index (χ0) is 11.8. The Hall–Kier alpha value is -1.25. The highest BCUT2D eigenvalue weighted by Crippen LogP contribution is 2.28. The van der Waals surface area contributed by atoms with Crippen molar-refractivity contribution in [1.82, 2.24) is 0 Å². The molecule has 18 heavy (non-hydrogen) atoms. The molecule has 0 saturated heterocycles.